The number of hydrogen-bond donors (Lipinski definition) is 1. The summed E-state index contributed by atoms with van der Waals surface area (Å²) in [5.41, 5.74) is 1.49. The maximum absolute atomic E-state index is 3.92. The number of nitrogens with zero attached hydrogens (tertiary/aromatic N) is 1. The fourth-order valence-electron chi connectivity index (χ4n) is 2.98. The lowest BCUT2D eigenvalue weighted by Crippen LogP contribution is -2.45. The zero-order valence-electron chi connectivity index (χ0n) is 14.3. The van der Waals surface area contributed by atoms with Gasteiger partial charge in [-0.2, -0.15) is 0 Å². The molecule has 1 aromatic rings. The Morgan fingerprint density at radius 1 is 1.27 bits per heavy atom. The highest BCUT2D eigenvalue weighted by Crippen LogP contribution is 2.39. The first-order valence-corrected chi connectivity index (χ1v) is 9.16. The van der Waals surface area contributed by atoms with E-state index in [1.54, 1.807) is 0 Å². The molecule has 0 aliphatic carbocycles. The molecule has 0 saturated carbocycles. The van der Waals surface area contributed by atoms with Gasteiger partial charge in [0.25, 0.3) is 0 Å². The Labute approximate surface area is 140 Å². The molecule has 0 spiro atoms. The van der Waals surface area contributed by atoms with Crippen molar-refractivity contribution in [3.05, 3.63) is 42.5 Å². The Kier molecular flexibility index (Phi) is 6.54. The third kappa shape index (κ3) is 5.15. The fraction of sp³-hybridized carbons (Fsp3) is 0.579. The SMILES string of the molecule is C=CCC[C@@H](c1ccccc1SC(C)(C)C)N1CCNCC1. The summed E-state index contributed by atoms with van der Waals surface area (Å²) in [5, 5.41) is 3.46. The van der Waals surface area contributed by atoms with Crippen molar-refractivity contribution in [3.8, 4) is 0 Å². The van der Waals surface area contributed by atoms with Crippen molar-refractivity contribution in [2.75, 3.05) is 26.2 Å². The van der Waals surface area contributed by atoms with E-state index < -0.39 is 0 Å². The van der Waals surface area contributed by atoms with Gasteiger partial charge in [-0.05, 0) is 24.5 Å². The molecule has 2 rings (SSSR count). The van der Waals surface area contributed by atoms with Crippen molar-refractivity contribution in [1.82, 2.24) is 10.2 Å². The lowest BCUT2D eigenvalue weighted by Gasteiger charge is -2.36. The fourth-order valence-corrected chi connectivity index (χ4v) is 4.11. The Morgan fingerprint density at radius 2 is 1.95 bits per heavy atom. The molecular weight excluding hydrogens is 288 g/mol. The Morgan fingerprint density at radius 3 is 2.59 bits per heavy atom. The van der Waals surface area contributed by atoms with Gasteiger partial charge in [0.2, 0.25) is 0 Å². The number of allylic oxidation sites excluding steroid dienone is 1. The van der Waals surface area contributed by atoms with E-state index in [-0.39, 0.29) is 4.75 Å². The number of thioether (sulfide) groups is 1. The van der Waals surface area contributed by atoms with Gasteiger partial charge in [-0.15, -0.1) is 18.3 Å². The molecule has 0 radical (unpaired) electrons. The Bertz CT molecular complexity index is 473. The Balaban J connectivity index is 2.27. The minimum absolute atomic E-state index is 0.239. The van der Waals surface area contributed by atoms with E-state index in [4.69, 9.17) is 0 Å². The second-order valence-corrected chi connectivity index (χ2v) is 8.79. The van der Waals surface area contributed by atoms with E-state index in [0.29, 0.717) is 6.04 Å². The largest absolute Gasteiger partial charge is 0.314 e. The molecule has 1 saturated heterocycles. The molecule has 1 aliphatic heterocycles. The van der Waals surface area contributed by atoms with Crippen LogP contribution in [0, 0.1) is 0 Å². The van der Waals surface area contributed by atoms with Crippen molar-refractivity contribution in [3.63, 3.8) is 0 Å². The molecule has 1 aliphatic rings. The molecule has 2 nitrogen and oxygen atoms in total. The zero-order valence-corrected chi connectivity index (χ0v) is 15.1. The number of piperazine rings is 1. The van der Waals surface area contributed by atoms with Gasteiger partial charge in [-0.3, -0.25) is 4.90 Å². The van der Waals surface area contributed by atoms with Gasteiger partial charge in [-0.1, -0.05) is 45.0 Å². The highest BCUT2D eigenvalue weighted by Gasteiger charge is 2.25. The second-order valence-electron chi connectivity index (χ2n) is 6.92. The Hall–Kier alpha value is -0.770. The van der Waals surface area contributed by atoms with Crippen LogP contribution >= 0.6 is 11.8 Å². The predicted octanol–water partition coefficient (Wildman–Crippen LogP) is 4.49. The summed E-state index contributed by atoms with van der Waals surface area (Å²) in [5.74, 6) is 0. The zero-order chi connectivity index (χ0) is 16.0. The number of hydrogen-bond acceptors (Lipinski definition) is 3. The summed E-state index contributed by atoms with van der Waals surface area (Å²) >= 11 is 1.99. The molecule has 1 atom stereocenters. The molecule has 0 unspecified atom stereocenters. The van der Waals surface area contributed by atoms with E-state index >= 15 is 0 Å². The lowest BCUT2D eigenvalue weighted by molar-refractivity contribution is 0.164. The van der Waals surface area contributed by atoms with Crippen molar-refractivity contribution in [2.45, 2.75) is 49.3 Å². The second kappa shape index (κ2) is 8.19. The highest BCUT2D eigenvalue weighted by molar-refractivity contribution is 8.00. The van der Waals surface area contributed by atoms with E-state index in [2.05, 4.69) is 67.9 Å². The molecule has 1 heterocycles. The lowest BCUT2D eigenvalue weighted by atomic mass is 9.99. The van der Waals surface area contributed by atoms with Gasteiger partial charge in [0.05, 0.1) is 0 Å². The average molecular weight is 319 g/mol. The van der Waals surface area contributed by atoms with Crippen LogP contribution in [0.2, 0.25) is 0 Å². The summed E-state index contributed by atoms with van der Waals surface area (Å²) in [4.78, 5) is 4.07. The normalized spacial score (nSPS) is 18.1. The summed E-state index contributed by atoms with van der Waals surface area (Å²) in [6, 6.07) is 9.47. The summed E-state index contributed by atoms with van der Waals surface area (Å²) < 4.78 is 0.239. The molecule has 22 heavy (non-hydrogen) atoms. The highest BCUT2D eigenvalue weighted by atomic mass is 32.2. The third-order valence-electron chi connectivity index (χ3n) is 3.93. The van der Waals surface area contributed by atoms with Gasteiger partial charge < -0.3 is 5.32 Å². The van der Waals surface area contributed by atoms with Crippen molar-refractivity contribution in [2.24, 2.45) is 0 Å². The summed E-state index contributed by atoms with van der Waals surface area (Å²) in [7, 11) is 0. The first kappa shape index (κ1) is 17.6. The van der Waals surface area contributed by atoms with Crippen LogP contribution in [-0.2, 0) is 0 Å². The molecule has 1 aromatic carbocycles. The van der Waals surface area contributed by atoms with Crippen molar-refractivity contribution >= 4 is 11.8 Å². The molecule has 122 valence electrons. The maximum atomic E-state index is 3.92. The predicted molar refractivity (Wildman–Crippen MR) is 98.7 cm³/mol. The molecular formula is C19H30N2S. The van der Waals surface area contributed by atoms with Gasteiger partial charge in [0, 0.05) is 41.9 Å². The van der Waals surface area contributed by atoms with E-state index in [1.165, 1.54) is 10.5 Å². The van der Waals surface area contributed by atoms with Crippen LogP contribution in [0.5, 0.6) is 0 Å². The summed E-state index contributed by atoms with van der Waals surface area (Å²) in [6.07, 6.45) is 4.28. The van der Waals surface area contributed by atoms with Crippen LogP contribution in [0.1, 0.15) is 45.2 Å². The van der Waals surface area contributed by atoms with E-state index in [0.717, 1.165) is 39.0 Å². The minimum Gasteiger partial charge on any atom is -0.314 e. The molecule has 1 fully saturated rings. The first-order valence-electron chi connectivity index (χ1n) is 8.35. The topological polar surface area (TPSA) is 15.3 Å². The van der Waals surface area contributed by atoms with Crippen LogP contribution in [0.25, 0.3) is 0 Å². The van der Waals surface area contributed by atoms with Crippen molar-refractivity contribution in [1.29, 1.82) is 0 Å². The van der Waals surface area contributed by atoms with Crippen LogP contribution < -0.4 is 5.32 Å². The maximum Gasteiger partial charge on any atom is 0.0363 e. The van der Waals surface area contributed by atoms with Gasteiger partial charge in [0.1, 0.15) is 0 Å². The first-order chi connectivity index (χ1) is 10.5. The number of benzene rings is 1. The van der Waals surface area contributed by atoms with Gasteiger partial charge >= 0.3 is 0 Å². The third-order valence-corrected chi connectivity index (χ3v) is 5.13. The molecule has 0 aromatic heterocycles. The molecule has 3 heteroatoms. The summed E-state index contributed by atoms with van der Waals surface area (Å²) in [6.45, 7) is 15.2. The molecule has 0 amide bonds. The van der Waals surface area contributed by atoms with Crippen LogP contribution in [0.3, 0.4) is 0 Å². The van der Waals surface area contributed by atoms with E-state index in [9.17, 15) is 0 Å². The quantitative estimate of drug-likeness (QED) is 0.614. The van der Waals surface area contributed by atoms with Crippen LogP contribution in [0.15, 0.2) is 41.8 Å². The number of rotatable bonds is 6. The van der Waals surface area contributed by atoms with Crippen LogP contribution in [-0.4, -0.2) is 35.8 Å². The number of nitrogens with one attached hydrogen (secondary N) is 1. The average Bonchev–Trinajstić information content (AvgIpc) is 2.49. The van der Waals surface area contributed by atoms with Gasteiger partial charge in [0.15, 0.2) is 0 Å². The standard InChI is InChI=1S/C19H30N2S/c1-5-6-10-17(21-14-12-20-13-15-21)16-9-7-8-11-18(16)22-19(2,3)4/h5,7-9,11,17,20H,1,6,10,12-15H2,2-4H3/t17-/m0/s1. The van der Waals surface area contributed by atoms with Crippen molar-refractivity contribution < 1.29 is 0 Å². The molecule has 1 N–H and O–H groups in total. The monoisotopic (exact) mass is 318 g/mol. The van der Waals surface area contributed by atoms with E-state index in [1.807, 2.05) is 11.8 Å². The minimum atomic E-state index is 0.239. The molecule has 0 bridgehead atoms. The van der Waals surface area contributed by atoms with Gasteiger partial charge in [-0.25, -0.2) is 0 Å². The smallest absolute Gasteiger partial charge is 0.0363 e. The van der Waals surface area contributed by atoms with Crippen LogP contribution in [0.4, 0.5) is 0 Å².